The molecule has 2 aromatic carbocycles. The van der Waals surface area contributed by atoms with E-state index in [1.165, 1.54) is 5.56 Å². The number of halogens is 1. The van der Waals surface area contributed by atoms with Crippen LogP contribution in [0.5, 0.6) is 0 Å². The largest absolute Gasteiger partial charge is 0.327 e. The maximum atomic E-state index is 12.2. The highest BCUT2D eigenvalue weighted by molar-refractivity contribution is 6.31. The lowest BCUT2D eigenvalue weighted by Crippen LogP contribution is -2.43. The molecule has 0 radical (unpaired) electrons. The predicted molar refractivity (Wildman–Crippen MR) is 76.2 cm³/mol. The molecule has 0 saturated carbocycles. The Bertz CT molecular complexity index is 698. The molecular formula is C15H11ClN2O. The maximum absolute atomic E-state index is 12.2. The molecule has 2 heterocycles. The van der Waals surface area contributed by atoms with E-state index in [1.807, 2.05) is 24.3 Å². The van der Waals surface area contributed by atoms with E-state index >= 15 is 0 Å². The minimum atomic E-state index is -0.164. The standard InChI is InChI=1S/C15H11ClN2O/c16-10-5-6-11-13(8-10)18-12-4-2-1-3-9(12)7-14(18)15(19)17-11/h1-6,8,14H,7H2,(H,17,19). The van der Waals surface area contributed by atoms with Crippen molar-refractivity contribution in [2.24, 2.45) is 0 Å². The lowest BCUT2D eigenvalue weighted by Gasteiger charge is -2.33. The van der Waals surface area contributed by atoms with Gasteiger partial charge in [0.05, 0.1) is 11.4 Å². The summed E-state index contributed by atoms with van der Waals surface area (Å²) in [6.45, 7) is 0. The predicted octanol–water partition coefficient (Wildman–Crippen LogP) is 3.35. The molecular weight excluding hydrogens is 260 g/mol. The van der Waals surface area contributed by atoms with E-state index in [1.54, 1.807) is 6.07 Å². The lowest BCUT2D eigenvalue weighted by molar-refractivity contribution is -0.117. The van der Waals surface area contributed by atoms with Crippen LogP contribution in [-0.4, -0.2) is 11.9 Å². The minimum Gasteiger partial charge on any atom is -0.327 e. The first-order chi connectivity index (χ1) is 9.24. The highest BCUT2D eigenvalue weighted by Crippen LogP contribution is 2.45. The van der Waals surface area contributed by atoms with Gasteiger partial charge in [-0.05, 0) is 29.8 Å². The van der Waals surface area contributed by atoms with E-state index in [0.717, 1.165) is 23.5 Å². The first-order valence-electron chi connectivity index (χ1n) is 6.21. The van der Waals surface area contributed by atoms with E-state index in [2.05, 4.69) is 22.3 Å². The highest BCUT2D eigenvalue weighted by atomic mass is 35.5. The van der Waals surface area contributed by atoms with Gasteiger partial charge in [0.2, 0.25) is 5.91 Å². The summed E-state index contributed by atoms with van der Waals surface area (Å²) in [4.78, 5) is 14.3. The van der Waals surface area contributed by atoms with Crippen molar-refractivity contribution in [3.63, 3.8) is 0 Å². The summed E-state index contributed by atoms with van der Waals surface area (Å²) in [6, 6.07) is 13.5. The van der Waals surface area contributed by atoms with Crippen LogP contribution in [0.15, 0.2) is 42.5 Å². The number of nitrogens with one attached hydrogen (secondary N) is 1. The quantitative estimate of drug-likeness (QED) is 0.796. The van der Waals surface area contributed by atoms with Gasteiger partial charge in [-0.1, -0.05) is 29.8 Å². The van der Waals surface area contributed by atoms with E-state index in [-0.39, 0.29) is 11.9 Å². The Morgan fingerprint density at radius 2 is 2.00 bits per heavy atom. The van der Waals surface area contributed by atoms with Crippen LogP contribution in [0.3, 0.4) is 0 Å². The molecule has 2 aliphatic heterocycles. The number of benzene rings is 2. The van der Waals surface area contributed by atoms with Gasteiger partial charge in [0, 0.05) is 17.1 Å². The van der Waals surface area contributed by atoms with Crippen LogP contribution < -0.4 is 10.2 Å². The Kier molecular flexibility index (Phi) is 2.15. The number of fused-ring (bicyclic) bond motifs is 5. The molecule has 1 amide bonds. The van der Waals surface area contributed by atoms with Gasteiger partial charge in [0.15, 0.2) is 0 Å². The zero-order valence-corrected chi connectivity index (χ0v) is 10.8. The molecule has 4 heteroatoms. The van der Waals surface area contributed by atoms with Crippen molar-refractivity contribution in [2.75, 3.05) is 10.2 Å². The second kappa shape index (κ2) is 3.75. The van der Waals surface area contributed by atoms with Gasteiger partial charge in [-0.15, -0.1) is 0 Å². The average Bonchev–Trinajstić information content (AvgIpc) is 2.80. The van der Waals surface area contributed by atoms with E-state index in [4.69, 9.17) is 11.6 Å². The van der Waals surface area contributed by atoms with Gasteiger partial charge in [0.25, 0.3) is 0 Å². The van der Waals surface area contributed by atoms with Crippen LogP contribution in [0.2, 0.25) is 5.02 Å². The fraction of sp³-hybridized carbons (Fsp3) is 0.133. The third-order valence-electron chi connectivity index (χ3n) is 3.76. The number of rotatable bonds is 0. The molecule has 1 unspecified atom stereocenters. The molecule has 1 atom stereocenters. The van der Waals surface area contributed by atoms with Crippen molar-refractivity contribution < 1.29 is 4.79 Å². The number of anilines is 3. The third kappa shape index (κ3) is 1.48. The highest BCUT2D eigenvalue weighted by Gasteiger charge is 2.39. The Hall–Kier alpha value is -2.00. The third-order valence-corrected chi connectivity index (χ3v) is 3.99. The topological polar surface area (TPSA) is 32.3 Å². The van der Waals surface area contributed by atoms with Gasteiger partial charge in [0.1, 0.15) is 6.04 Å². The lowest BCUT2D eigenvalue weighted by atomic mass is 10.1. The molecule has 0 fully saturated rings. The molecule has 0 spiro atoms. The van der Waals surface area contributed by atoms with E-state index in [0.29, 0.717) is 5.02 Å². The van der Waals surface area contributed by atoms with Crippen LogP contribution in [0.1, 0.15) is 5.56 Å². The first kappa shape index (κ1) is 10.9. The number of amides is 1. The molecule has 19 heavy (non-hydrogen) atoms. The Labute approximate surface area is 115 Å². The number of hydrogen-bond acceptors (Lipinski definition) is 2. The van der Waals surface area contributed by atoms with Crippen molar-refractivity contribution in [3.05, 3.63) is 53.1 Å². The zero-order valence-electron chi connectivity index (χ0n) is 10.1. The number of carbonyl (C=O) groups is 1. The number of hydrogen-bond donors (Lipinski definition) is 1. The molecule has 0 saturated heterocycles. The number of nitrogens with zero attached hydrogens (tertiary/aromatic N) is 1. The summed E-state index contributed by atoms with van der Waals surface area (Å²) in [7, 11) is 0. The fourth-order valence-corrected chi connectivity index (χ4v) is 3.09. The fourth-order valence-electron chi connectivity index (χ4n) is 2.92. The Morgan fingerprint density at radius 3 is 2.89 bits per heavy atom. The van der Waals surface area contributed by atoms with E-state index in [9.17, 15) is 4.79 Å². The molecule has 2 aliphatic rings. The molecule has 4 rings (SSSR count). The van der Waals surface area contributed by atoms with Crippen molar-refractivity contribution in [1.82, 2.24) is 0 Å². The maximum Gasteiger partial charge on any atom is 0.247 e. The van der Waals surface area contributed by atoms with Crippen molar-refractivity contribution in [1.29, 1.82) is 0 Å². The molecule has 2 aromatic rings. The van der Waals surface area contributed by atoms with Gasteiger partial charge >= 0.3 is 0 Å². The molecule has 0 aromatic heterocycles. The van der Waals surface area contributed by atoms with E-state index < -0.39 is 0 Å². The zero-order chi connectivity index (χ0) is 13.0. The number of para-hydroxylation sites is 1. The second-order valence-corrected chi connectivity index (χ2v) is 5.31. The molecule has 0 bridgehead atoms. The summed E-state index contributed by atoms with van der Waals surface area (Å²) >= 11 is 6.09. The van der Waals surface area contributed by atoms with Crippen molar-refractivity contribution in [2.45, 2.75) is 12.5 Å². The SMILES string of the molecule is O=C1Nc2ccc(Cl)cc2N2c3ccccc3CC12. The van der Waals surface area contributed by atoms with Gasteiger partial charge in [-0.25, -0.2) is 0 Å². The Balaban J connectivity index is 1.96. The molecule has 94 valence electrons. The minimum absolute atomic E-state index is 0.0472. The normalized spacial score (nSPS) is 19.5. The second-order valence-electron chi connectivity index (χ2n) is 4.87. The first-order valence-corrected chi connectivity index (χ1v) is 6.59. The van der Waals surface area contributed by atoms with Gasteiger partial charge in [-0.2, -0.15) is 0 Å². The smallest absolute Gasteiger partial charge is 0.247 e. The summed E-state index contributed by atoms with van der Waals surface area (Å²) in [5.41, 5.74) is 4.10. The van der Waals surface area contributed by atoms with Crippen LogP contribution in [-0.2, 0) is 11.2 Å². The average molecular weight is 271 g/mol. The summed E-state index contributed by atoms with van der Waals surface area (Å²) < 4.78 is 0. The summed E-state index contributed by atoms with van der Waals surface area (Å²) in [5, 5.41) is 3.63. The molecule has 3 nitrogen and oxygen atoms in total. The summed E-state index contributed by atoms with van der Waals surface area (Å²) in [6.07, 6.45) is 0.744. The molecule has 1 N–H and O–H groups in total. The van der Waals surface area contributed by atoms with Crippen LogP contribution in [0.4, 0.5) is 17.1 Å². The van der Waals surface area contributed by atoms with Crippen molar-refractivity contribution in [3.8, 4) is 0 Å². The van der Waals surface area contributed by atoms with Crippen LogP contribution in [0.25, 0.3) is 0 Å². The number of carbonyl (C=O) groups excluding carboxylic acids is 1. The molecule has 0 aliphatic carbocycles. The van der Waals surface area contributed by atoms with Gasteiger partial charge in [-0.3, -0.25) is 4.79 Å². The van der Waals surface area contributed by atoms with Gasteiger partial charge < -0.3 is 10.2 Å². The Morgan fingerprint density at radius 1 is 1.16 bits per heavy atom. The monoisotopic (exact) mass is 270 g/mol. The van der Waals surface area contributed by atoms with Crippen molar-refractivity contribution >= 4 is 34.6 Å². The summed E-state index contributed by atoms with van der Waals surface area (Å²) in [5.74, 6) is 0.0472. The van der Waals surface area contributed by atoms with Crippen LogP contribution in [0, 0.1) is 0 Å². The van der Waals surface area contributed by atoms with Crippen LogP contribution >= 0.6 is 11.6 Å².